The number of esters is 1. The molecular formula is C10H15NO3. The van der Waals surface area contributed by atoms with Crippen LogP contribution in [-0.4, -0.2) is 38.0 Å². The molecule has 4 heteroatoms. The van der Waals surface area contributed by atoms with Crippen LogP contribution in [0.1, 0.15) is 6.92 Å². The Morgan fingerprint density at radius 2 is 1.86 bits per heavy atom. The molecule has 0 aliphatic heterocycles. The van der Waals surface area contributed by atoms with Crippen LogP contribution in [0.3, 0.4) is 0 Å². The molecule has 0 aliphatic rings. The number of nitrogens with zero attached hydrogens (tertiary/aromatic N) is 1. The molecule has 0 saturated heterocycles. The van der Waals surface area contributed by atoms with E-state index in [2.05, 4.69) is 11.3 Å². The molecule has 0 heterocycles. The third-order valence-electron chi connectivity index (χ3n) is 1.58. The number of rotatable bonds is 3. The lowest BCUT2D eigenvalue weighted by molar-refractivity contribution is -0.136. The number of methoxy groups -OCH3 is 1. The summed E-state index contributed by atoms with van der Waals surface area (Å²) in [6, 6.07) is 0. The third-order valence-corrected chi connectivity index (χ3v) is 1.58. The van der Waals surface area contributed by atoms with Crippen molar-refractivity contribution in [2.75, 3.05) is 21.2 Å². The van der Waals surface area contributed by atoms with Gasteiger partial charge in [0.05, 0.1) is 7.11 Å². The molecule has 0 aromatic rings. The molecule has 0 bridgehead atoms. The van der Waals surface area contributed by atoms with E-state index < -0.39 is 5.97 Å². The molecule has 0 aliphatic carbocycles. The minimum absolute atomic E-state index is 0.228. The van der Waals surface area contributed by atoms with Crippen LogP contribution < -0.4 is 0 Å². The van der Waals surface area contributed by atoms with Gasteiger partial charge in [0.25, 0.3) is 5.91 Å². The molecule has 0 saturated carbocycles. The fourth-order valence-electron chi connectivity index (χ4n) is 0.830. The third kappa shape index (κ3) is 3.43. The molecule has 0 aromatic carbocycles. The molecule has 0 atom stereocenters. The summed E-state index contributed by atoms with van der Waals surface area (Å²) in [4.78, 5) is 23.7. The fraction of sp³-hybridized carbons (Fsp3) is 0.400. The maximum Gasteiger partial charge on any atom is 0.333 e. The number of carbonyl (C=O) groups excluding carboxylic acids is 2. The van der Waals surface area contributed by atoms with E-state index in [1.165, 1.54) is 18.1 Å². The monoisotopic (exact) mass is 197 g/mol. The van der Waals surface area contributed by atoms with Crippen LogP contribution >= 0.6 is 0 Å². The van der Waals surface area contributed by atoms with Gasteiger partial charge in [-0.05, 0) is 13.0 Å². The van der Waals surface area contributed by atoms with Crippen LogP contribution in [0.5, 0.6) is 0 Å². The van der Waals surface area contributed by atoms with Crippen LogP contribution in [0.4, 0.5) is 0 Å². The number of hydrogen-bond donors (Lipinski definition) is 0. The second-order valence-electron chi connectivity index (χ2n) is 3.04. The standard InChI is InChI=1S/C10H15NO3/c1-7(9(12)11(3)4)6-8(2)10(13)14-5/h6H,1H2,2-5H3/b8-6+. The summed E-state index contributed by atoms with van der Waals surface area (Å²) in [6.45, 7) is 5.13. The second-order valence-corrected chi connectivity index (χ2v) is 3.04. The van der Waals surface area contributed by atoms with E-state index >= 15 is 0 Å². The van der Waals surface area contributed by atoms with Gasteiger partial charge in [0.2, 0.25) is 0 Å². The molecule has 78 valence electrons. The van der Waals surface area contributed by atoms with Crippen molar-refractivity contribution < 1.29 is 14.3 Å². The zero-order chi connectivity index (χ0) is 11.3. The second kappa shape index (κ2) is 5.21. The Labute approximate surface area is 83.8 Å². The Balaban J connectivity index is 4.59. The van der Waals surface area contributed by atoms with Crippen LogP contribution in [-0.2, 0) is 14.3 Å². The first kappa shape index (κ1) is 12.4. The zero-order valence-corrected chi connectivity index (χ0v) is 8.96. The quantitative estimate of drug-likeness (QED) is 0.381. The van der Waals surface area contributed by atoms with Crippen LogP contribution in [0, 0.1) is 0 Å². The highest BCUT2D eigenvalue weighted by atomic mass is 16.5. The smallest absolute Gasteiger partial charge is 0.333 e. The molecule has 14 heavy (non-hydrogen) atoms. The fourth-order valence-corrected chi connectivity index (χ4v) is 0.830. The Hall–Kier alpha value is -1.58. The van der Waals surface area contributed by atoms with E-state index in [9.17, 15) is 9.59 Å². The summed E-state index contributed by atoms with van der Waals surface area (Å²) in [5.74, 6) is -0.689. The molecule has 1 amide bonds. The van der Waals surface area contributed by atoms with Gasteiger partial charge in [0, 0.05) is 25.2 Å². The summed E-state index contributed by atoms with van der Waals surface area (Å²) < 4.78 is 4.48. The lowest BCUT2D eigenvalue weighted by Gasteiger charge is -2.10. The molecule has 0 spiro atoms. The Morgan fingerprint density at radius 3 is 2.21 bits per heavy atom. The first-order chi connectivity index (χ1) is 6.40. The Kier molecular flexibility index (Phi) is 4.63. The van der Waals surface area contributed by atoms with Gasteiger partial charge in [-0.3, -0.25) is 4.79 Å². The van der Waals surface area contributed by atoms with Gasteiger partial charge in [-0.25, -0.2) is 4.79 Å². The van der Waals surface area contributed by atoms with Crippen molar-refractivity contribution in [2.45, 2.75) is 6.92 Å². The van der Waals surface area contributed by atoms with E-state index in [0.717, 1.165) is 0 Å². The van der Waals surface area contributed by atoms with Crippen molar-refractivity contribution in [1.29, 1.82) is 0 Å². The SMILES string of the molecule is C=C(/C=C(\C)C(=O)OC)C(=O)N(C)C. The summed E-state index contributed by atoms with van der Waals surface area (Å²) in [7, 11) is 4.53. The molecule has 0 unspecified atom stereocenters. The molecule has 0 aromatic heterocycles. The predicted octanol–water partition coefficient (Wildman–Crippen LogP) is 0.750. The summed E-state index contributed by atoms with van der Waals surface area (Å²) in [5.41, 5.74) is 0.616. The highest BCUT2D eigenvalue weighted by molar-refractivity contribution is 5.98. The first-order valence-corrected chi connectivity index (χ1v) is 4.07. The van der Waals surface area contributed by atoms with E-state index in [-0.39, 0.29) is 11.5 Å². The summed E-state index contributed by atoms with van der Waals surface area (Å²) in [5, 5.41) is 0. The topological polar surface area (TPSA) is 46.6 Å². The number of likely N-dealkylation sites (N-methyl/N-ethyl adjacent to an activating group) is 1. The van der Waals surface area contributed by atoms with Crippen molar-refractivity contribution >= 4 is 11.9 Å². The Morgan fingerprint density at radius 1 is 1.36 bits per heavy atom. The Bertz CT molecular complexity index is 290. The van der Waals surface area contributed by atoms with Crippen LogP contribution in [0.2, 0.25) is 0 Å². The molecule has 0 radical (unpaired) electrons. The molecule has 0 rings (SSSR count). The highest BCUT2D eigenvalue weighted by Gasteiger charge is 2.09. The number of hydrogen-bond acceptors (Lipinski definition) is 3. The van der Waals surface area contributed by atoms with Crippen molar-refractivity contribution in [1.82, 2.24) is 4.90 Å². The van der Waals surface area contributed by atoms with Gasteiger partial charge in [0.1, 0.15) is 0 Å². The van der Waals surface area contributed by atoms with E-state index in [1.54, 1.807) is 21.0 Å². The predicted molar refractivity (Wildman–Crippen MR) is 53.6 cm³/mol. The van der Waals surface area contributed by atoms with Gasteiger partial charge in [0.15, 0.2) is 0 Å². The van der Waals surface area contributed by atoms with Crippen molar-refractivity contribution in [3.05, 3.63) is 23.8 Å². The molecule has 0 fully saturated rings. The first-order valence-electron chi connectivity index (χ1n) is 4.07. The zero-order valence-electron chi connectivity index (χ0n) is 8.96. The molecular weight excluding hydrogens is 182 g/mol. The molecule has 4 nitrogen and oxygen atoms in total. The van der Waals surface area contributed by atoms with Gasteiger partial charge >= 0.3 is 5.97 Å². The average molecular weight is 197 g/mol. The maximum atomic E-state index is 11.3. The molecule has 0 N–H and O–H groups in total. The minimum atomic E-state index is -0.460. The lowest BCUT2D eigenvalue weighted by Crippen LogP contribution is -2.22. The van der Waals surface area contributed by atoms with Gasteiger partial charge < -0.3 is 9.64 Å². The van der Waals surface area contributed by atoms with E-state index in [0.29, 0.717) is 5.57 Å². The van der Waals surface area contributed by atoms with E-state index in [1.807, 2.05) is 0 Å². The summed E-state index contributed by atoms with van der Waals surface area (Å²) >= 11 is 0. The van der Waals surface area contributed by atoms with Crippen molar-refractivity contribution in [2.24, 2.45) is 0 Å². The van der Waals surface area contributed by atoms with Crippen LogP contribution in [0.15, 0.2) is 23.8 Å². The van der Waals surface area contributed by atoms with Crippen molar-refractivity contribution in [3.63, 3.8) is 0 Å². The minimum Gasteiger partial charge on any atom is -0.466 e. The average Bonchev–Trinajstić information content (AvgIpc) is 2.14. The van der Waals surface area contributed by atoms with Gasteiger partial charge in [-0.2, -0.15) is 0 Å². The number of ether oxygens (including phenoxy) is 1. The van der Waals surface area contributed by atoms with E-state index in [4.69, 9.17) is 0 Å². The van der Waals surface area contributed by atoms with Gasteiger partial charge in [-0.15, -0.1) is 0 Å². The maximum absolute atomic E-state index is 11.3. The number of amides is 1. The van der Waals surface area contributed by atoms with Gasteiger partial charge in [-0.1, -0.05) is 6.58 Å². The largest absolute Gasteiger partial charge is 0.466 e. The lowest BCUT2D eigenvalue weighted by atomic mass is 10.2. The van der Waals surface area contributed by atoms with Crippen LogP contribution in [0.25, 0.3) is 0 Å². The van der Waals surface area contributed by atoms with Crippen molar-refractivity contribution in [3.8, 4) is 0 Å². The number of carbonyl (C=O) groups is 2. The highest BCUT2D eigenvalue weighted by Crippen LogP contribution is 2.04. The normalized spacial score (nSPS) is 10.7. The summed E-state index contributed by atoms with van der Waals surface area (Å²) in [6.07, 6.45) is 1.41.